The number of aromatic nitrogens is 2. The summed E-state index contributed by atoms with van der Waals surface area (Å²) in [5.74, 6) is -0.193. The summed E-state index contributed by atoms with van der Waals surface area (Å²) < 4.78 is 47.5. The molecule has 2 N–H and O–H groups in total. The lowest BCUT2D eigenvalue weighted by molar-refractivity contribution is -0.174. The smallest absolute Gasteiger partial charge is 0.410 e. The van der Waals surface area contributed by atoms with Gasteiger partial charge in [-0.05, 0) is 43.4 Å². The summed E-state index contributed by atoms with van der Waals surface area (Å²) in [5, 5.41) is 19.8. The molecule has 0 unspecified atom stereocenters. The van der Waals surface area contributed by atoms with E-state index < -0.39 is 24.2 Å². The quantitative estimate of drug-likeness (QED) is 0.482. The molecule has 0 saturated carbocycles. The summed E-state index contributed by atoms with van der Waals surface area (Å²) in [6, 6.07) is 4.09. The maximum absolute atomic E-state index is 13.8. The van der Waals surface area contributed by atoms with Gasteiger partial charge in [-0.15, -0.1) is 11.3 Å². The Morgan fingerprint density at radius 1 is 1.33 bits per heavy atom. The maximum Gasteiger partial charge on any atom is 0.410 e. The van der Waals surface area contributed by atoms with Crippen LogP contribution in [0, 0.1) is 11.3 Å². The Balaban J connectivity index is 1.44. The van der Waals surface area contributed by atoms with Crippen molar-refractivity contribution in [2.24, 2.45) is 0 Å². The van der Waals surface area contributed by atoms with Crippen molar-refractivity contribution in [3.63, 3.8) is 0 Å². The molecule has 0 spiro atoms. The summed E-state index contributed by atoms with van der Waals surface area (Å²) in [7, 11) is 0. The molecule has 2 aliphatic rings. The van der Waals surface area contributed by atoms with Crippen molar-refractivity contribution in [1.82, 2.24) is 9.78 Å². The molecule has 1 aliphatic heterocycles. The van der Waals surface area contributed by atoms with E-state index in [9.17, 15) is 23.2 Å². The fraction of sp³-hybridized carbons (Fsp3) is 0.409. The second-order valence-electron chi connectivity index (χ2n) is 8.20. The molecule has 4 heterocycles. The van der Waals surface area contributed by atoms with Gasteiger partial charge in [-0.2, -0.15) is 23.5 Å². The minimum absolute atomic E-state index is 0.0811. The summed E-state index contributed by atoms with van der Waals surface area (Å²) in [5.41, 5.74) is 1.26. The molecule has 1 aliphatic carbocycles. The number of nitrogens with one attached hydrogen (secondary N) is 2. The molecule has 2 atom stereocenters. The fourth-order valence-corrected chi connectivity index (χ4v) is 5.71. The number of rotatable bonds is 3. The van der Waals surface area contributed by atoms with Crippen molar-refractivity contribution < 1.29 is 22.4 Å². The monoisotopic (exact) mass is 475 g/mol. The first-order valence-electron chi connectivity index (χ1n) is 10.7. The molecule has 0 bridgehead atoms. The van der Waals surface area contributed by atoms with Gasteiger partial charge in [0, 0.05) is 17.4 Å². The van der Waals surface area contributed by atoms with Crippen LogP contribution >= 0.6 is 11.3 Å². The Morgan fingerprint density at radius 3 is 2.88 bits per heavy atom. The van der Waals surface area contributed by atoms with Crippen molar-refractivity contribution >= 4 is 28.1 Å². The van der Waals surface area contributed by atoms with Crippen molar-refractivity contribution in [3.05, 3.63) is 51.9 Å². The van der Waals surface area contributed by atoms with Crippen molar-refractivity contribution in [2.75, 3.05) is 10.6 Å². The summed E-state index contributed by atoms with van der Waals surface area (Å²) in [6.45, 7) is 0. The van der Waals surface area contributed by atoms with Crippen LogP contribution in [-0.4, -0.2) is 21.9 Å². The highest BCUT2D eigenvalue weighted by Crippen LogP contribution is 2.44. The van der Waals surface area contributed by atoms with Crippen LogP contribution in [0.1, 0.15) is 70.0 Å². The number of hydrogen-bond donors (Lipinski definition) is 2. The maximum atomic E-state index is 13.8. The minimum atomic E-state index is -4.55. The van der Waals surface area contributed by atoms with Crippen molar-refractivity contribution in [2.45, 2.75) is 56.8 Å². The molecular weight excluding hydrogens is 455 g/mol. The molecule has 5 rings (SSSR count). The molecule has 7 nitrogen and oxygen atoms in total. The van der Waals surface area contributed by atoms with Gasteiger partial charge >= 0.3 is 6.18 Å². The van der Waals surface area contributed by atoms with Gasteiger partial charge in [0.2, 0.25) is 0 Å². The van der Waals surface area contributed by atoms with Gasteiger partial charge in [0.1, 0.15) is 22.6 Å². The molecular formula is C22H20F3N5O2S. The van der Waals surface area contributed by atoms with Crippen LogP contribution in [-0.2, 0) is 12.8 Å². The lowest BCUT2D eigenvalue weighted by Gasteiger charge is -2.32. The topological polar surface area (TPSA) is 95.9 Å². The minimum Gasteiger partial charge on any atom is -0.467 e. The first-order chi connectivity index (χ1) is 15.8. The lowest BCUT2D eigenvalue weighted by atomic mass is 10.0. The molecule has 3 aromatic heterocycles. The van der Waals surface area contributed by atoms with E-state index in [1.165, 1.54) is 23.7 Å². The van der Waals surface area contributed by atoms with Gasteiger partial charge in [0.25, 0.3) is 5.91 Å². The molecule has 0 radical (unpaired) electrons. The molecule has 172 valence electrons. The molecule has 0 fully saturated rings. The number of thiophene rings is 1. The van der Waals surface area contributed by atoms with Gasteiger partial charge in [0.05, 0.1) is 17.9 Å². The third-order valence-corrected chi connectivity index (χ3v) is 7.28. The van der Waals surface area contributed by atoms with Gasteiger partial charge in [-0.25, -0.2) is 4.68 Å². The average molecular weight is 475 g/mol. The van der Waals surface area contributed by atoms with E-state index in [0.717, 1.165) is 47.2 Å². The highest BCUT2D eigenvalue weighted by atomic mass is 32.1. The van der Waals surface area contributed by atoms with E-state index in [-0.39, 0.29) is 17.9 Å². The standard InChI is InChI=1S/C22H20F3N5O2S/c23-22(24,25)18-9-14(16-6-4-8-32-16)27-19-10-15(29-30(18)19)20(31)28-21-13(11-26)12-5-2-1-3-7-17(12)33-21/h4,6,8,10,14,18,27H,1-3,5,7,9H2,(H,28,31)/t14-,18-/m0/s1. The van der Waals surface area contributed by atoms with Gasteiger partial charge in [-0.1, -0.05) is 6.42 Å². The zero-order valence-electron chi connectivity index (χ0n) is 17.4. The Labute approximate surface area is 191 Å². The van der Waals surface area contributed by atoms with Crippen LogP contribution in [0.5, 0.6) is 0 Å². The largest absolute Gasteiger partial charge is 0.467 e. The Hall–Kier alpha value is -3.26. The number of carbonyl (C=O) groups is 1. The average Bonchev–Trinajstić information content (AvgIpc) is 3.48. The molecule has 3 aromatic rings. The normalized spacial score (nSPS) is 20.2. The number of aryl methyl sites for hydroxylation is 1. The highest BCUT2D eigenvalue weighted by molar-refractivity contribution is 7.16. The van der Waals surface area contributed by atoms with Crippen LogP contribution in [0.3, 0.4) is 0 Å². The Kier molecular flexibility index (Phi) is 5.40. The predicted molar refractivity (Wildman–Crippen MR) is 115 cm³/mol. The Bertz CT molecular complexity index is 1220. The zero-order valence-corrected chi connectivity index (χ0v) is 18.2. The lowest BCUT2D eigenvalue weighted by Crippen LogP contribution is -2.35. The molecule has 33 heavy (non-hydrogen) atoms. The Morgan fingerprint density at radius 2 is 2.15 bits per heavy atom. The van der Waals surface area contributed by atoms with Crippen LogP contribution in [0.25, 0.3) is 0 Å². The number of halogens is 3. The second kappa shape index (κ2) is 8.26. The van der Waals surface area contributed by atoms with Crippen molar-refractivity contribution in [1.29, 1.82) is 5.26 Å². The predicted octanol–water partition coefficient (Wildman–Crippen LogP) is 5.59. The number of amides is 1. The molecule has 1 amide bonds. The van der Waals surface area contributed by atoms with E-state index in [4.69, 9.17) is 4.42 Å². The van der Waals surface area contributed by atoms with Gasteiger partial charge in [-0.3, -0.25) is 4.79 Å². The number of anilines is 2. The first-order valence-corrected chi connectivity index (χ1v) is 11.5. The number of carbonyl (C=O) groups excluding carboxylic acids is 1. The number of hydrogen-bond acceptors (Lipinski definition) is 6. The number of fused-ring (bicyclic) bond motifs is 2. The number of nitrogens with zero attached hydrogens (tertiary/aromatic N) is 3. The fourth-order valence-electron chi connectivity index (χ4n) is 4.48. The number of furan rings is 1. The summed E-state index contributed by atoms with van der Waals surface area (Å²) >= 11 is 1.36. The molecule has 0 aromatic carbocycles. The van der Waals surface area contributed by atoms with Gasteiger partial charge < -0.3 is 15.1 Å². The van der Waals surface area contributed by atoms with Crippen LogP contribution in [0.4, 0.5) is 24.0 Å². The van der Waals surface area contributed by atoms with E-state index in [2.05, 4.69) is 21.8 Å². The summed E-state index contributed by atoms with van der Waals surface area (Å²) in [6.07, 6.45) is 1.29. The third-order valence-electron chi connectivity index (χ3n) is 6.07. The van der Waals surface area contributed by atoms with E-state index in [1.54, 1.807) is 12.1 Å². The zero-order chi connectivity index (χ0) is 23.2. The number of nitriles is 1. The highest BCUT2D eigenvalue weighted by Gasteiger charge is 2.47. The van der Waals surface area contributed by atoms with E-state index in [0.29, 0.717) is 16.3 Å². The second-order valence-corrected chi connectivity index (χ2v) is 9.30. The van der Waals surface area contributed by atoms with E-state index >= 15 is 0 Å². The SMILES string of the molecule is N#Cc1c(NC(=O)c2cc3n(n2)[C@H](C(F)(F)F)C[C@@H](c2ccco2)N3)sc2c1CCCCC2. The first kappa shape index (κ1) is 21.6. The van der Waals surface area contributed by atoms with Crippen LogP contribution in [0.15, 0.2) is 28.9 Å². The summed E-state index contributed by atoms with van der Waals surface area (Å²) in [4.78, 5) is 14.0. The van der Waals surface area contributed by atoms with Gasteiger partial charge in [0.15, 0.2) is 11.7 Å². The third kappa shape index (κ3) is 3.99. The number of alkyl halides is 3. The molecule has 11 heteroatoms. The van der Waals surface area contributed by atoms with Crippen LogP contribution in [0.2, 0.25) is 0 Å². The van der Waals surface area contributed by atoms with Crippen molar-refractivity contribution in [3.8, 4) is 6.07 Å². The van der Waals surface area contributed by atoms with E-state index in [1.807, 2.05) is 0 Å². The van der Waals surface area contributed by atoms with Crippen LogP contribution < -0.4 is 10.6 Å². The molecule has 0 saturated heterocycles.